The number of benzene rings is 2. The molecule has 2 aliphatic rings. The number of nitrogens with zero attached hydrogens (tertiary/aromatic N) is 2. The van der Waals surface area contributed by atoms with E-state index < -0.39 is 61.8 Å². The fourth-order valence-electron chi connectivity index (χ4n) is 4.23. The van der Waals surface area contributed by atoms with E-state index in [2.05, 4.69) is 31.6 Å². The highest BCUT2D eigenvalue weighted by molar-refractivity contribution is 6.40. The van der Waals surface area contributed by atoms with Gasteiger partial charge in [0, 0.05) is 36.6 Å². The molecule has 0 aliphatic carbocycles. The van der Waals surface area contributed by atoms with Crippen LogP contribution in [0, 0.1) is 0 Å². The number of carboxylic acid groups (broad SMARTS) is 1. The molecule has 2 heterocycles. The first kappa shape index (κ1) is 32.7. The number of rotatable bonds is 10. The Morgan fingerprint density at radius 2 is 1.77 bits per heavy atom. The predicted octanol–water partition coefficient (Wildman–Crippen LogP) is 1.57. The maximum absolute atomic E-state index is 13.3. The molecule has 0 bridgehead atoms. The lowest BCUT2D eigenvalue weighted by Crippen LogP contribution is -2.50. The van der Waals surface area contributed by atoms with E-state index in [-0.39, 0.29) is 27.1 Å². The van der Waals surface area contributed by atoms with Gasteiger partial charge in [0.2, 0.25) is 5.91 Å². The van der Waals surface area contributed by atoms with Crippen LogP contribution in [0.3, 0.4) is 0 Å². The summed E-state index contributed by atoms with van der Waals surface area (Å²) in [5.41, 5.74) is 1.13. The van der Waals surface area contributed by atoms with Gasteiger partial charge in [0.1, 0.15) is 12.6 Å². The largest absolute Gasteiger partial charge is 0.480 e. The fourth-order valence-corrected chi connectivity index (χ4v) is 4.88. The topological polar surface area (TPSA) is 173 Å². The molecule has 6 N–H and O–H groups in total. The van der Waals surface area contributed by atoms with Crippen molar-refractivity contribution in [1.29, 1.82) is 0 Å². The third-order valence-electron chi connectivity index (χ3n) is 6.52. The Morgan fingerprint density at radius 3 is 2.41 bits per heavy atom. The van der Waals surface area contributed by atoms with Crippen molar-refractivity contribution in [3.8, 4) is 0 Å². The molecule has 0 saturated carbocycles. The van der Waals surface area contributed by atoms with Crippen LogP contribution in [-0.2, 0) is 14.3 Å². The standard InChI is InChI=1S/C27H29Cl2F2N7O6/c28-18-9-17(38-4-6-44-7-5-38)10-19(29)22(18)24(41)37-20(25(42)43)11-32-21(39)12-33-23(40)15-2-1-3-16(8-15)36-26-34-13-27(30,31)14-35-26/h1-3,8-10,20H,4-7,11-14H2,(H,32,39)(H,33,40)(H,37,41)(H,42,43)(H2,34,35,36). The number of carboxylic acids is 1. The molecular weight excluding hydrogens is 627 g/mol. The van der Waals surface area contributed by atoms with Crippen LogP contribution >= 0.6 is 23.2 Å². The summed E-state index contributed by atoms with van der Waals surface area (Å²) >= 11 is 12.7. The molecule has 2 aromatic rings. The maximum Gasteiger partial charge on any atom is 0.328 e. The number of ether oxygens (including phenoxy) is 1. The molecule has 4 rings (SSSR count). The van der Waals surface area contributed by atoms with Crippen molar-refractivity contribution < 1.29 is 37.8 Å². The highest BCUT2D eigenvalue weighted by atomic mass is 35.5. The van der Waals surface area contributed by atoms with Crippen molar-refractivity contribution in [2.75, 3.05) is 62.7 Å². The number of carbonyl (C=O) groups excluding carboxylic acids is 3. The summed E-state index contributed by atoms with van der Waals surface area (Å²) in [4.78, 5) is 55.3. The first-order valence-corrected chi connectivity index (χ1v) is 14.1. The van der Waals surface area contributed by atoms with Crippen molar-refractivity contribution in [3.05, 3.63) is 57.6 Å². The van der Waals surface area contributed by atoms with Gasteiger partial charge in [0.15, 0.2) is 5.96 Å². The number of carbonyl (C=O) groups is 4. The zero-order valence-corrected chi connectivity index (χ0v) is 24.6. The summed E-state index contributed by atoms with van der Waals surface area (Å²) < 4.78 is 31.8. The third-order valence-corrected chi connectivity index (χ3v) is 7.11. The van der Waals surface area contributed by atoms with E-state index in [1.54, 1.807) is 24.3 Å². The minimum absolute atomic E-state index is 0.0242. The fraction of sp³-hybridized carbons (Fsp3) is 0.370. The first-order chi connectivity index (χ1) is 20.9. The molecule has 1 saturated heterocycles. The van der Waals surface area contributed by atoms with E-state index in [1.165, 1.54) is 12.1 Å². The lowest BCUT2D eigenvalue weighted by molar-refractivity contribution is -0.139. The predicted molar refractivity (Wildman–Crippen MR) is 159 cm³/mol. The second kappa shape index (κ2) is 14.5. The van der Waals surface area contributed by atoms with Crippen molar-refractivity contribution >= 4 is 64.2 Å². The molecule has 0 aromatic heterocycles. The Balaban J connectivity index is 1.27. The summed E-state index contributed by atoms with van der Waals surface area (Å²) in [6.07, 6.45) is 0. The quantitative estimate of drug-likeness (QED) is 0.222. The molecule has 17 heteroatoms. The molecule has 2 aromatic carbocycles. The number of halogens is 4. The molecule has 2 aliphatic heterocycles. The van der Waals surface area contributed by atoms with Gasteiger partial charge >= 0.3 is 5.97 Å². The average molecular weight is 656 g/mol. The summed E-state index contributed by atoms with van der Waals surface area (Å²) in [7, 11) is 0. The van der Waals surface area contributed by atoms with Gasteiger partial charge in [-0.2, -0.15) is 0 Å². The van der Waals surface area contributed by atoms with E-state index in [0.717, 1.165) is 0 Å². The molecule has 1 atom stereocenters. The van der Waals surface area contributed by atoms with Crippen LogP contribution < -0.4 is 31.5 Å². The summed E-state index contributed by atoms with van der Waals surface area (Å²) in [5, 5.41) is 22.0. The number of hydrogen-bond donors (Lipinski definition) is 6. The van der Waals surface area contributed by atoms with Crippen molar-refractivity contribution in [1.82, 2.24) is 21.3 Å². The Labute approximate surface area is 260 Å². The minimum Gasteiger partial charge on any atom is -0.480 e. The Bertz CT molecular complexity index is 1430. The van der Waals surface area contributed by atoms with Crippen LogP contribution in [0.15, 0.2) is 41.4 Å². The van der Waals surface area contributed by atoms with Gasteiger partial charge in [-0.05, 0) is 30.3 Å². The van der Waals surface area contributed by atoms with Crippen molar-refractivity contribution in [3.63, 3.8) is 0 Å². The Kier molecular flexibility index (Phi) is 10.8. The zero-order valence-electron chi connectivity index (χ0n) is 23.1. The van der Waals surface area contributed by atoms with E-state index in [1.807, 2.05) is 4.90 Å². The van der Waals surface area contributed by atoms with Crippen LogP contribution in [0.5, 0.6) is 0 Å². The van der Waals surface area contributed by atoms with Crippen LogP contribution in [0.1, 0.15) is 20.7 Å². The number of aliphatic carboxylic acids is 1. The molecule has 0 spiro atoms. The summed E-state index contributed by atoms with van der Waals surface area (Å²) in [5.74, 6) is -6.43. The molecule has 3 amide bonds. The van der Waals surface area contributed by atoms with Gasteiger partial charge in [-0.3, -0.25) is 14.4 Å². The van der Waals surface area contributed by atoms with Gasteiger partial charge in [-0.25, -0.2) is 18.6 Å². The van der Waals surface area contributed by atoms with Crippen LogP contribution in [0.4, 0.5) is 20.2 Å². The van der Waals surface area contributed by atoms with Crippen molar-refractivity contribution in [2.45, 2.75) is 12.0 Å². The van der Waals surface area contributed by atoms with Gasteiger partial charge in [0.25, 0.3) is 17.7 Å². The highest BCUT2D eigenvalue weighted by Gasteiger charge is 2.32. The second-order valence-electron chi connectivity index (χ2n) is 9.82. The number of amides is 3. The molecule has 13 nitrogen and oxygen atoms in total. The average Bonchev–Trinajstić information content (AvgIpc) is 2.99. The number of hydrogen-bond acceptors (Lipinski definition) is 9. The lowest BCUT2D eigenvalue weighted by Gasteiger charge is -2.29. The number of nitrogens with one attached hydrogen (secondary N) is 5. The van der Waals surface area contributed by atoms with Gasteiger partial charge in [-0.15, -0.1) is 0 Å². The molecule has 0 radical (unpaired) electrons. The number of morpholine rings is 1. The number of anilines is 2. The maximum atomic E-state index is 13.3. The second-order valence-corrected chi connectivity index (χ2v) is 10.6. The van der Waals surface area contributed by atoms with E-state index >= 15 is 0 Å². The zero-order chi connectivity index (χ0) is 31.9. The Hall–Kier alpha value is -4.21. The van der Waals surface area contributed by atoms with Crippen LogP contribution in [-0.4, -0.2) is 99.2 Å². The molecule has 236 valence electrons. The monoisotopic (exact) mass is 655 g/mol. The molecule has 44 heavy (non-hydrogen) atoms. The summed E-state index contributed by atoms with van der Waals surface area (Å²) in [6, 6.07) is 7.63. The van der Waals surface area contributed by atoms with E-state index in [9.17, 15) is 33.1 Å². The lowest BCUT2D eigenvalue weighted by atomic mass is 10.1. The third kappa shape index (κ3) is 8.90. The van der Waals surface area contributed by atoms with Gasteiger partial charge < -0.3 is 41.3 Å². The highest BCUT2D eigenvalue weighted by Crippen LogP contribution is 2.31. The molecular formula is C27H29Cl2F2N7O6. The van der Waals surface area contributed by atoms with Gasteiger partial charge in [-0.1, -0.05) is 29.3 Å². The Morgan fingerprint density at radius 1 is 1.07 bits per heavy atom. The smallest absolute Gasteiger partial charge is 0.328 e. The van der Waals surface area contributed by atoms with Gasteiger partial charge in [0.05, 0.1) is 41.9 Å². The molecule has 1 unspecified atom stereocenters. The first-order valence-electron chi connectivity index (χ1n) is 13.4. The van der Waals surface area contributed by atoms with Crippen LogP contribution in [0.25, 0.3) is 0 Å². The number of aliphatic imine (C=N–C) groups is 1. The number of guanidine groups is 1. The van der Waals surface area contributed by atoms with Crippen LogP contribution in [0.2, 0.25) is 10.0 Å². The minimum atomic E-state index is -2.94. The normalized spacial score (nSPS) is 16.5. The number of alkyl halides is 2. The molecule has 1 fully saturated rings. The van der Waals surface area contributed by atoms with Crippen molar-refractivity contribution in [2.24, 2.45) is 4.99 Å². The summed E-state index contributed by atoms with van der Waals surface area (Å²) in [6.45, 7) is 0.0361. The van der Waals surface area contributed by atoms with E-state index in [4.69, 9.17) is 27.9 Å². The SMILES string of the molecule is O=C(CNC(=O)c1cccc(NC2=NCC(F)(F)CN2)c1)NCC(NC(=O)c1c(Cl)cc(N2CCOCC2)cc1Cl)C(=O)O. The van der Waals surface area contributed by atoms with E-state index in [0.29, 0.717) is 37.7 Å².